The standard InChI is InChI=1S/C11H14F3N3/c12-11(13,14)8-3-2-6-17(7-8)10-5-1-4-9(15)16-10/h1,4-5,8H,2-3,6-7H2,(H2,15,16). The summed E-state index contributed by atoms with van der Waals surface area (Å²) >= 11 is 0. The van der Waals surface area contributed by atoms with E-state index in [0.29, 0.717) is 24.6 Å². The summed E-state index contributed by atoms with van der Waals surface area (Å²) in [6.07, 6.45) is -3.40. The van der Waals surface area contributed by atoms with Gasteiger partial charge in [-0.2, -0.15) is 13.2 Å². The molecule has 1 fully saturated rings. The van der Waals surface area contributed by atoms with E-state index in [1.165, 1.54) is 0 Å². The largest absolute Gasteiger partial charge is 0.393 e. The molecule has 1 atom stereocenters. The molecule has 2 rings (SSSR count). The van der Waals surface area contributed by atoms with Gasteiger partial charge >= 0.3 is 6.18 Å². The Bertz CT molecular complexity index is 392. The smallest absolute Gasteiger partial charge is 0.384 e. The zero-order valence-corrected chi connectivity index (χ0v) is 9.24. The number of anilines is 2. The number of hydrogen-bond acceptors (Lipinski definition) is 3. The first-order chi connectivity index (χ1) is 7.97. The number of pyridine rings is 1. The molecule has 94 valence electrons. The molecule has 0 spiro atoms. The molecular formula is C11H14F3N3. The van der Waals surface area contributed by atoms with Gasteiger partial charge in [0.05, 0.1) is 5.92 Å². The van der Waals surface area contributed by atoms with E-state index in [1.807, 2.05) is 0 Å². The van der Waals surface area contributed by atoms with Crippen molar-refractivity contribution < 1.29 is 13.2 Å². The van der Waals surface area contributed by atoms with Gasteiger partial charge in [0.2, 0.25) is 0 Å². The Morgan fingerprint density at radius 1 is 1.35 bits per heavy atom. The minimum Gasteiger partial charge on any atom is -0.384 e. The molecular weight excluding hydrogens is 231 g/mol. The number of rotatable bonds is 1. The number of nitrogens with two attached hydrogens (primary N) is 1. The van der Waals surface area contributed by atoms with Crippen molar-refractivity contribution in [2.24, 2.45) is 5.92 Å². The van der Waals surface area contributed by atoms with Crippen molar-refractivity contribution >= 4 is 11.6 Å². The first-order valence-corrected chi connectivity index (χ1v) is 5.51. The predicted molar refractivity (Wildman–Crippen MR) is 59.6 cm³/mol. The summed E-state index contributed by atoms with van der Waals surface area (Å²) in [5.41, 5.74) is 5.53. The van der Waals surface area contributed by atoms with Gasteiger partial charge in [-0.15, -0.1) is 0 Å². The molecule has 2 heterocycles. The van der Waals surface area contributed by atoms with Crippen LogP contribution in [-0.2, 0) is 0 Å². The Kier molecular flexibility index (Phi) is 3.13. The van der Waals surface area contributed by atoms with Gasteiger partial charge in [0.1, 0.15) is 11.6 Å². The molecule has 1 unspecified atom stereocenters. The van der Waals surface area contributed by atoms with Crippen LogP contribution in [0, 0.1) is 5.92 Å². The first kappa shape index (κ1) is 12.0. The number of piperidine rings is 1. The third-order valence-corrected chi connectivity index (χ3v) is 2.96. The maximum absolute atomic E-state index is 12.6. The molecule has 1 saturated heterocycles. The van der Waals surface area contributed by atoms with Crippen molar-refractivity contribution in [1.29, 1.82) is 0 Å². The molecule has 1 aromatic rings. The number of aromatic nitrogens is 1. The fraction of sp³-hybridized carbons (Fsp3) is 0.545. The molecule has 3 nitrogen and oxygen atoms in total. The summed E-state index contributed by atoms with van der Waals surface area (Å²) in [4.78, 5) is 5.70. The lowest BCUT2D eigenvalue weighted by Crippen LogP contribution is -2.42. The van der Waals surface area contributed by atoms with Crippen LogP contribution in [0.4, 0.5) is 24.8 Å². The van der Waals surface area contributed by atoms with Crippen LogP contribution in [0.25, 0.3) is 0 Å². The third kappa shape index (κ3) is 2.81. The highest BCUT2D eigenvalue weighted by Gasteiger charge is 2.41. The van der Waals surface area contributed by atoms with Gasteiger partial charge in [-0.3, -0.25) is 0 Å². The summed E-state index contributed by atoms with van der Waals surface area (Å²) in [7, 11) is 0. The van der Waals surface area contributed by atoms with Crippen molar-refractivity contribution in [2.45, 2.75) is 19.0 Å². The van der Waals surface area contributed by atoms with E-state index in [9.17, 15) is 13.2 Å². The van der Waals surface area contributed by atoms with Crippen molar-refractivity contribution in [1.82, 2.24) is 4.98 Å². The van der Waals surface area contributed by atoms with E-state index < -0.39 is 12.1 Å². The summed E-state index contributed by atoms with van der Waals surface area (Å²) in [6, 6.07) is 5.01. The zero-order chi connectivity index (χ0) is 12.5. The summed E-state index contributed by atoms with van der Waals surface area (Å²) in [6.45, 7) is 0.572. The van der Waals surface area contributed by atoms with Gasteiger partial charge < -0.3 is 10.6 Å². The van der Waals surface area contributed by atoms with Crippen molar-refractivity contribution in [3.63, 3.8) is 0 Å². The Morgan fingerprint density at radius 2 is 2.12 bits per heavy atom. The number of nitrogens with zero attached hydrogens (tertiary/aromatic N) is 2. The topological polar surface area (TPSA) is 42.1 Å². The van der Waals surface area contributed by atoms with Crippen LogP contribution in [0.15, 0.2) is 18.2 Å². The van der Waals surface area contributed by atoms with Crippen molar-refractivity contribution in [3.8, 4) is 0 Å². The quantitative estimate of drug-likeness (QED) is 0.826. The summed E-state index contributed by atoms with van der Waals surface area (Å²) < 4.78 is 37.9. The second kappa shape index (κ2) is 4.43. The zero-order valence-electron chi connectivity index (χ0n) is 9.24. The Labute approximate surface area is 97.4 Å². The fourth-order valence-corrected chi connectivity index (χ4v) is 2.07. The lowest BCUT2D eigenvalue weighted by molar-refractivity contribution is -0.176. The molecule has 0 amide bonds. The van der Waals surface area contributed by atoms with Crippen LogP contribution in [0.2, 0.25) is 0 Å². The normalized spacial score (nSPS) is 21.6. The molecule has 0 aromatic carbocycles. The van der Waals surface area contributed by atoms with E-state index in [2.05, 4.69) is 4.98 Å². The monoisotopic (exact) mass is 245 g/mol. The maximum atomic E-state index is 12.6. The van der Waals surface area contributed by atoms with Crippen LogP contribution >= 0.6 is 0 Å². The predicted octanol–water partition coefficient (Wildman–Crippen LogP) is 2.44. The Balaban J connectivity index is 2.12. The van der Waals surface area contributed by atoms with Gasteiger partial charge in [-0.1, -0.05) is 6.07 Å². The minimum atomic E-state index is -4.13. The van der Waals surface area contributed by atoms with E-state index in [0.717, 1.165) is 0 Å². The number of alkyl halides is 3. The third-order valence-electron chi connectivity index (χ3n) is 2.96. The number of nitrogen functional groups attached to an aromatic ring is 1. The lowest BCUT2D eigenvalue weighted by Gasteiger charge is -2.34. The van der Waals surface area contributed by atoms with Gasteiger partial charge in [0.25, 0.3) is 0 Å². The molecule has 0 radical (unpaired) electrons. The second-order valence-corrected chi connectivity index (χ2v) is 4.25. The van der Waals surface area contributed by atoms with Crippen LogP contribution in [-0.4, -0.2) is 24.2 Å². The average Bonchev–Trinajstić information content (AvgIpc) is 2.28. The van der Waals surface area contributed by atoms with E-state index in [-0.39, 0.29) is 13.0 Å². The van der Waals surface area contributed by atoms with Crippen molar-refractivity contribution in [2.75, 3.05) is 23.7 Å². The van der Waals surface area contributed by atoms with Gasteiger partial charge in [-0.05, 0) is 25.0 Å². The van der Waals surface area contributed by atoms with Gasteiger partial charge in [0.15, 0.2) is 0 Å². The average molecular weight is 245 g/mol. The molecule has 0 bridgehead atoms. The fourth-order valence-electron chi connectivity index (χ4n) is 2.07. The van der Waals surface area contributed by atoms with E-state index >= 15 is 0 Å². The van der Waals surface area contributed by atoms with Gasteiger partial charge in [-0.25, -0.2) is 4.98 Å². The second-order valence-electron chi connectivity index (χ2n) is 4.25. The van der Waals surface area contributed by atoms with Crippen LogP contribution in [0.5, 0.6) is 0 Å². The molecule has 1 aromatic heterocycles. The molecule has 2 N–H and O–H groups in total. The SMILES string of the molecule is Nc1cccc(N2CCCC(C(F)(F)F)C2)n1. The Morgan fingerprint density at radius 3 is 2.76 bits per heavy atom. The van der Waals surface area contributed by atoms with Crippen molar-refractivity contribution in [3.05, 3.63) is 18.2 Å². The molecule has 0 aliphatic carbocycles. The van der Waals surface area contributed by atoms with Gasteiger partial charge in [0, 0.05) is 13.1 Å². The van der Waals surface area contributed by atoms with Crippen LogP contribution in [0.1, 0.15) is 12.8 Å². The summed E-state index contributed by atoms with van der Waals surface area (Å²) in [5, 5.41) is 0. The van der Waals surface area contributed by atoms with Crippen LogP contribution < -0.4 is 10.6 Å². The maximum Gasteiger partial charge on any atom is 0.393 e. The van der Waals surface area contributed by atoms with E-state index in [4.69, 9.17) is 5.73 Å². The molecule has 6 heteroatoms. The van der Waals surface area contributed by atoms with E-state index in [1.54, 1.807) is 23.1 Å². The summed E-state index contributed by atoms with van der Waals surface area (Å²) in [5.74, 6) is -0.407. The molecule has 0 saturated carbocycles. The first-order valence-electron chi connectivity index (χ1n) is 5.51. The van der Waals surface area contributed by atoms with Crippen LogP contribution in [0.3, 0.4) is 0 Å². The highest BCUT2D eigenvalue weighted by molar-refractivity contribution is 5.45. The number of halogens is 3. The molecule has 1 aliphatic rings. The minimum absolute atomic E-state index is 0.0278. The highest BCUT2D eigenvalue weighted by Crippen LogP contribution is 2.34. The highest BCUT2D eigenvalue weighted by atomic mass is 19.4. The molecule has 17 heavy (non-hydrogen) atoms. The lowest BCUT2D eigenvalue weighted by atomic mass is 9.97. The number of hydrogen-bond donors (Lipinski definition) is 1. The molecule has 1 aliphatic heterocycles. The Hall–Kier alpha value is -1.46.